The summed E-state index contributed by atoms with van der Waals surface area (Å²) < 4.78 is 12.3. The Bertz CT molecular complexity index is 812. The fourth-order valence-electron chi connectivity index (χ4n) is 3.77. The second-order valence-electron chi connectivity index (χ2n) is 6.75. The molecule has 0 spiro atoms. The number of rotatable bonds is 2. The van der Waals surface area contributed by atoms with E-state index in [4.69, 9.17) is 9.15 Å². The number of aromatic nitrogens is 1. The quantitative estimate of drug-likeness (QED) is 0.796. The minimum Gasteiger partial charge on any atom is -0.408 e. The standard InChI is InChI=1S/C17H21N3O4/c1-18-6-12-7-19(13(8-18)11-23-10-12)16(21)9-20-14-4-2-3-5-15(14)24-17(20)22/h2-5,12-13H,6-11H2,1H3/t12-,13-/m0/s1. The van der Waals surface area contributed by atoms with Crippen LogP contribution in [0.25, 0.3) is 11.1 Å². The van der Waals surface area contributed by atoms with Gasteiger partial charge in [0.25, 0.3) is 0 Å². The second-order valence-corrected chi connectivity index (χ2v) is 6.75. The average Bonchev–Trinajstić information content (AvgIpc) is 2.68. The first-order valence-electron chi connectivity index (χ1n) is 8.26. The topological polar surface area (TPSA) is 67.9 Å². The van der Waals surface area contributed by atoms with E-state index in [1.54, 1.807) is 12.1 Å². The summed E-state index contributed by atoms with van der Waals surface area (Å²) in [5, 5.41) is 0. The molecule has 7 heteroatoms. The number of hydrogen-bond donors (Lipinski definition) is 0. The molecular formula is C17H21N3O4. The number of carbonyl (C=O) groups excluding carboxylic acids is 1. The van der Waals surface area contributed by atoms with Gasteiger partial charge in [-0.2, -0.15) is 0 Å². The van der Waals surface area contributed by atoms with Crippen LogP contribution < -0.4 is 5.76 Å². The Kier molecular flexibility index (Phi) is 3.90. The predicted molar refractivity (Wildman–Crippen MR) is 87.8 cm³/mol. The van der Waals surface area contributed by atoms with Crippen molar-refractivity contribution in [3.05, 3.63) is 34.8 Å². The summed E-state index contributed by atoms with van der Waals surface area (Å²) in [6.45, 7) is 3.63. The van der Waals surface area contributed by atoms with Crippen molar-refractivity contribution in [1.29, 1.82) is 0 Å². The summed E-state index contributed by atoms with van der Waals surface area (Å²) in [6.07, 6.45) is 0. The molecule has 0 saturated carbocycles. The van der Waals surface area contributed by atoms with E-state index in [1.807, 2.05) is 17.0 Å². The predicted octanol–water partition coefficient (Wildman–Crippen LogP) is 0.384. The molecular weight excluding hydrogens is 310 g/mol. The summed E-state index contributed by atoms with van der Waals surface area (Å²) in [6, 6.07) is 7.21. The van der Waals surface area contributed by atoms with Crippen LogP contribution in [0.4, 0.5) is 0 Å². The van der Waals surface area contributed by atoms with Gasteiger partial charge >= 0.3 is 5.76 Å². The van der Waals surface area contributed by atoms with Crippen molar-refractivity contribution in [3.8, 4) is 0 Å². The molecule has 1 aromatic heterocycles. The number of amides is 1. The molecule has 0 unspecified atom stereocenters. The van der Waals surface area contributed by atoms with E-state index in [0.717, 1.165) is 13.1 Å². The SMILES string of the molecule is CN1C[C@@H]2COC[C@H](C1)N(C(=O)Cn1c(=O)oc3ccccc31)C2. The average molecular weight is 331 g/mol. The summed E-state index contributed by atoms with van der Waals surface area (Å²) in [5.41, 5.74) is 1.16. The number of nitrogens with zero attached hydrogens (tertiary/aromatic N) is 3. The van der Waals surface area contributed by atoms with Gasteiger partial charge in [0, 0.05) is 25.6 Å². The molecule has 2 aromatic rings. The number of fused-ring (bicyclic) bond motifs is 4. The molecule has 2 atom stereocenters. The molecule has 128 valence electrons. The molecule has 2 aliphatic heterocycles. The fraction of sp³-hybridized carbons (Fsp3) is 0.529. The number of ether oxygens (including phenoxy) is 1. The lowest BCUT2D eigenvalue weighted by Crippen LogP contribution is -2.47. The van der Waals surface area contributed by atoms with Crippen LogP contribution in [-0.4, -0.2) is 66.2 Å². The third kappa shape index (κ3) is 2.74. The maximum absolute atomic E-state index is 12.9. The van der Waals surface area contributed by atoms with Gasteiger partial charge in [-0.3, -0.25) is 9.36 Å². The van der Waals surface area contributed by atoms with Crippen molar-refractivity contribution in [2.75, 3.05) is 39.9 Å². The molecule has 2 fully saturated rings. The first kappa shape index (κ1) is 15.4. The molecule has 1 amide bonds. The first-order chi connectivity index (χ1) is 11.6. The molecule has 7 nitrogen and oxygen atoms in total. The largest absolute Gasteiger partial charge is 0.420 e. The zero-order valence-electron chi connectivity index (χ0n) is 13.7. The third-order valence-electron chi connectivity index (χ3n) is 4.84. The Balaban J connectivity index is 1.61. The highest BCUT2D eigenvalue weighted by Gasteiger charge is 2.35. The van der Waals surface area contributed by atoms with Crippen LogP contribution in [0, 0.1) is 5.92 Å². The van der Waals surface area contributed by atoms with Crippen LogP contribution >= 0.6 is 0 Å². The Labute approximate surface area is 139 Å². The van der Waals surface area contributed by atoms with E-state index in [-0.39, 0.29) is 18.5 Å². The van der Waals surface area contributed by atoms with E-state index < -0.39 is 5.76 Å². The summed E-state index contributed by atoms with van der Waals surface area (Å²) in [4.78, 5) is 29.1. The number of benzene rings is 1. The zero-order valence-corrected chi connectivity index (χ0v) is 13.7. The van der Waals surface area contributed by atoms with Gasteiger partial charge in [-0.15, -0.1) is 0 Å². The number of likely N-dealkylation sites (N-methyl/N-ethyl adjacent to an activating group) is 1. The monoisotopic (exact) mass is 331 g/mol. The van der Waals surface area contributed by atoms with Crippen LogP contribution in [-0.2, 0) is 16.1 Å². The zero-order chi connectivity index (χ0) is 16.7. The van der Waals surface area contributed by atoms with Crippen molar-refractivity contribution in [3.63, 3.8) is 0 Å². The van der Waals surface area contributed by atoms with Crippen molar-refractivity contribution >= 4 is 17.0 Å². The normalized spacial score (nSPS) is 25.0. The van der Waals surface area contributed by atoms with Gasteiger partial charge in [-0.25, -0.2) is 4.79 Å². The molecule has 4 rings (SSSR count). The second kappa shape index (κ2) is 6.07. The molecule has 3 heterocycles. The number of oxazole rings is 1. The van der Waals surface area contributed by atoms with Crippen LogP contribution in [0.1, 0.15) is 0 Å². The van der Waals surface area contributed by atoms with E-state index in [1.165, 1.54) is 4.57 Å². The molecule has 0 aliphatic carbocycles. The number of hydrogen-bond acceptors (Lipinski definition) is 5. The summed E-state index contributed by atoms with van der Waals surface area (Å²) >= 11 is 0. The molecule has 24 heavy (non-hydrogen) atoms. The third-order valence-corrected chi connectivity index (χ3v) is 4.84. The summed E-state index contributed by atoms with van der Waals surface area (Å²) in [7, 11) is 2.08. The van der Waals surface area contributed by atoms with Gasteiger partial charge < -0.3 is 19.0 Å². The Hall–Kier alpha value is -2.12. The minimum atomic E-state index is -0.490. The Morgan fingerprint density at radius 1 is 1.21 bits per heavy atom. The molecule has 2 saturated heterocycles. The van der Waals surface area contributed by atoms with Gasteiger partial charge in [0.05, 0.1) is 24.8 Å². The van der Waals surface area contributed by atoms with Crippen molar-refractivity contribution < 1.29 is 13.9 Å². The molecule has 0 N–H and O–H groups in total. The first-order valence-corrected chi connectivity index (χ1v) is 8.26. The lowest BCUT2D eigenvalue weighted by Gasteiger charge is -2.29. The van der Waals surface area contributed by atoms with Gasteiger partial charge in [-0.05, 0) is 19.2 Å². The van der Waals surface area contributed by atoms with Gasteiger partial charge in [0.15, 0.2) is 5.58 Å². The number of para-hydroxylation sites is 2. The smallest absolute Gasteiger partial charge is 0.408 e. The van der Waals surface area contributed by atoms with E-state index in [2.05, 4.69) is 11.9 Å². The van der Waals surface area contributed by atoms with Crippen LogP contribution in [0.2, 0.25) is 0 Å². The van der Waals surface area contributed by atoms with E-state index in [0.29, 0.717) is 36.8 Å². The molecule has 2 aliphatic rings. The highest BCUT2D eigenvalue weighted by Crippen LogP contribution is 2.20. The van der Waals surface area contributed by atoms with Gasteiger partial charge in [-0.1, -0.05) is 12.1 Å². The summed E-state index contributed by atoms with van der Waals surface area (Å²) in [5.74, 6) is -0.237. The molecule has 0 radical (unpaired) electrons. The van der Waals surface area contributed by atoms with E-state index >= 15 is 0 Å². The lowest BCUT2D eigenvalue weighted by molar-refractivity contribution is -0.134. The fourth-order valence-corrected chi connectivity index (χ4v) is 3.77. The highest BCUT2D eigenvalue weighted by molar-refractivity contribution is 5.80. The maximum Gasteiger partial charge on any atom is 0.420 e. The van der Waals surface area contributed by atoms with Crippen molar-refractivity contribution in [2.45, 2.75) is 12.6 Å². The highest BCUT2D eigenvalue weighted by atomic mass is 16.5. The number of carbonyl (C=O) groups is 1. The van der Waals surface area contributed by atoms with Crippen LogP contribution in [0.3, 0.4) is 0 Å². The molecule has 1 aromatic carbocycles. The van der Waals surface area contributed by atoms with Crippen molar-refractivity contribution in [2.24, 2.45) is 5.92 Å². The van der Waals surface area contributed by atoms with Gasteiger partial charge in [0.1, 0.15) is 6.54 Å². The van der Waals surface area contributed by atoms with Crippen LogP contribution in [0.15, 0.2) is 33.5 Å². The maximum atomic E-state index is 12.9. The minimum absolute atomic E-state index is 0.00276. The Morgan fingerprint density at radius 2 is 2.04 bits per heavy atom. The van der Waals surface area contributed by atoms with Gasteiger partial charge in [0.2, 0.25) is 5.91 Å². The molecule has 2 bridgehead atoms. The van der Waals surface area contributed by atoms with E-state index in [9.17, 15) is 9.59 Å². The van der Waals surface area contributed by atoms with Crippen LogP contribution in [0.5, 0.6) is 0 Å². The Morgan fingerprint density at radius 3 is 2.92 bits per heavy atom. The lowest BCUT2D eigenvalue weighted by atomic mass is 10.1. The van der Waals surface area contributed by atoms with Crippen molar-refractivity contribution in [1.82, 2.24) is 14.4 Å².